The van der Waals surface area contributed by atoms with E-state index >= 15 is 0 Å². The molecule has 8 saturated carbocycles. The summed E-state index contributed by atoms with van der Waals surface area (Å²) in [5.74, 6) is 9.72. The molecule has 10 fully saturated rings. The summed E-state index contributed by atoms with van der Waals surface area (Å²) < 4.78 is 15.8. The van der Waals surface area contributed by atoms with Crippen LogP contribution in [0.4, 0.5) is 0 Å². The normalized spacial score (nSPS) is 39.6. The quantitative estimate of drug-likeness (QED) is 0.149. The topological polar surface area (TPSA) is 96.0 Å². The summed E-state index contributed by atoms with van der Waals surface area (Å²) in [7, 11) is 0. The molecule has 13 atom stereocenters. The van der Waals surface area contributed by atoms with Gasteiger partial charge in [0.15, 0.2) is 0 Å². The highest BCUT2D eigenvalue weighted by Gasteiger charge is 2.62. The van der Waals surface area contributed by atoms with Crippen LogP contribution >= 0.6 is 0 Å². The van der Waals surface area contributed by atoms with Gasteiger partial charge < -0.3 is 14.2 Å². The largest absolute Gasteiger partial charge is 0.465 e. The van der Waals surface area contributed by atoms with E-state index in [-0.39, 0.29) is 106 Å². The van der Waals surface area contributed by atoms with Gasteiger partial charge in [-0.2, -0.15) is 0 Å². The Kier molecular flexibility index (Phi) is 25.9. The van der Waals surface area contributed by atoms with E-state index in [1.54, 1.807) is 20.3 Å². The van der Waals surface area contributed by atoms with Gasteiger partial charge in [0, 0.05) is 11.3 Å². The first-order valence-corrected chi connectivity index (χ1v) is 22.2. The Bertz CT molecular complexity index is 1280. The predicted octanol–water partition coefficient (Wildman–Crippen LogP) is 15.2. The van der Waals surface area contributed by atoms with Gasteiger partial charge in [-0.1, -0.05) is 129 Å². The number of cyclic esters (lactones) is 3. The summed E-state index contributed by atoms with van der Waals surface area (Å²) in [4.78, 5) is 45.2. The van der Waals surface area contributed by atoms with Gasteiger partial charge in [0.05, 0.1) is 30.3 Å². The minimum Gasteiger partial charge on any atom is -0.465 e. The van der Waals surface area contributed by atoms with Crippen LogP contribution in [0.25, 0.3) is 0 Å². The van der Waals surface area contributed by atoms with E-state index in [1.165, 1.54) is 57.8 Å². The molecule has 61 heavy (non-hydrogen) atoms. The zero-order chi connectivity index (χ0) is 38.6. The van der Waals surface area contributed by atoms with Gasteiger partial charge in [0.25, 0.3) is 0 Å². The van der Waals surface area contributed by atoms with Crippen LogP contribution in [0.3, 0.4) is 0 Å². The highest BCUT2D eigenvalue weighted by molar-refractivity contribution is 5.95. The second kappa shape index (κ2) is 25.0. The van der Waals surface area contributed by atoms with Gasteiger partial charge in [-0.15, -0.1) is 0 Å². The minimum absolute atomic E-state index is 0. The van der Waals surface area contributed by atoms with Crippen LogP contribution in [-0.2, 0) is 33.4 Å². The Morgan fingerprint density at radius 1 is 0.623 bits per heavy atom. The molecule has 2 aliphatic heterocycles. The van der Waals surface area contributed by atoms with Crippen molar-refractivity contribution in [2.24, 2.45) is 100 Å². The number of carbonyl (C=O) groups is 4. The second-order valence-corrected chi connectivity index (χ2v) is 20.1. The van der Waals surface area contributed by atoms with Gasteiger partial charge in [0.2, 0.25) is 0 Å². The van der Waals surface area contributed by atoms with Crippen molar-refractivity contribution in [1.82, 2.24) is 0 Å². The molecule has 7 heteroatoms. The maximum Gasteiger partial charge on any atom is 0.317 e. The molecule has 10 aliphatic rings. The molecule has 8 bridgehead atoms. The molecule has 0 aromatic heterocycles. The lowest BCUT2D eigenvalue weighted by Gasteiger charge is -2.63. The summed E-state index contributed by atoms with van der Waals surface area (Å²) in [6.07, 6.45) is 17.0. The molecule has 0 aromatic carbocycles. The molecule has 2 saturated heterocycles. The van der Waals surface area contributed by atoms with Crippen molar-refractivity contribution >= 4 is 23.9 Å². The maximum absolute atomic E-state index is 12.6. The minimum atomic E-state index is -0.396. The third kappa shape index (κ3) is 11.7. The van der Waals surface area contributed by atoms with E-state index in [4.69, 9.17) is 9.47 Å². The zero-order valence-electron chi connectivity index (χ0n) is 35.0. The Morgan fingerprint density at radius 3 is 1.39 bits per heavy atom. The number of hydrogen-bond acceptors (Lipinski definition) is 7. The van der Waals surface area contributed by atoms with Crippen molar-refractivity contribution in [3.05, 3.63) is 0 Å². The van der Waals surface area contributed by atoms with Gasteiger partial charge in [0.1, 0.15) is 5.60 Å². The van der Waals surface area contributed by atoms with Crippen LogP contribution in [0.15, 0.2) is 0 Å². The lowest BCUT2D eigenvalue weighted by atomic mass is 9.44. The summed E-state index contributed by atoms with van der Waals surface area (Å²) in [6.45, 7) is 22.2. The van der Waals surface area contributed by atoms with Gasteiger partial charge in [-0.25, -0.2) is 0 Å². The second-order valence-electron chi connectivity index (χ2n) is 20.1. The van der Waals surface area contributed by atoms with Crippen LogP contribution in [0.1, 0.15) is 212 Å². The molecular formula is C54H106O7. The number of hydrogen-bond donors (Lipinski definition) is 0. The van der Waals surface area contributed by atoms with E-state index in [1.807, 2.05) is 6.92 Å². The summed E-state index contributed by atoms with van der Waals surface area (Å²) in [5.41, 5.74) is 0.0812. The molecule has 0 radical (unpaired) electrons. The monoisotopic (exact) mass is 867 g/mol. The Balaban J connectivity index is -0.000000750. The zero-order valence-corrected chi connectivity index (χ0v) is 35.0. The maximum atomic E-state index is 12.6. The van der Waals surface area contributed by atoms with Gasteiger partial charge in [-0.05, 0) is 149 Å². The smallest absolute Gasteiger partial charge is 0.317 e. The van der Waals surface area contributed by atoms with Gasteiger partial charge >= 0.3 is 23.9 Å². The SMILES string of the molecule is C.C.C.C.C.C.C.C.CC1C(=O)OC(=O)C1C.CC1C(C)C2CC1C1COC(=O)C21.CC1C2CCC(C2)C1C.CCC(C)C(=O)OC(CC)(CC)C12CC3CC(CC(C3)C1)C2. The number of fused-ring (bicyclic) bond motifs is 7. The molecule has 0 N–H and O–H groups in total. The fourth-order valence-electron chi connectivity index (χ4n) is 13.9. The van der Waals surface area contributed by atoms with E-state index in [9.17, 15) is 19.2 Å². The van der Waals surface area contributed by atoms with Crippen molar-refractivity contribution < 1.29 is 33.4 Å². The number of rotatable bonds is 6. The molecule has 10 rings (SSSR count). The standard InChI is InChI=1S/C20H34O2.C11H16O2.C9H16.C6H8O3.8CH4/c1-5-14(4)18(21)22-20(6-2,7-3)19-11-15-8-16(12-19)10-17(9-15)13-19;1-5-6(2)8-3-7(5)9-4-13-11(12)10(8)9;1-6-7(2)9-4-3-8(6)5-9;1-3-4(2)6(8)9-5(3)7;;;;;;;;/h14-17H,5-13H2,1-4H3;5-10H,3-4H2,1-2H3;6-9H,3-5H2,1-2H3;3-4H,1-2H3;8*1H4. The Labute approximate surface area is 380 Å². The highest BCUT2D eigenvalue weighted by Crippen LogP contribution is 2.66. The van der Waals surface area contributed by atoms with E-state index in [0.29, 0.717) is 18.4 Å². The average molecular weight is 867 g/mol. The molecule has 13 unspecified atom stereocenters. The van der Waals surface area contributed by atoms with Crippen molar-refractivity contribution in [2.75, 3.05) is 6.61 Å². The lowest BCUT2D eigenvalue weighted by molar-refractivity contribution is -0.215. The van der Waals surface area contributed by atoms with E-state index in [0.717, 1.165) is 78.4 Å². The molecule has 364 valence electrons. The third-order valence-electron chi connectivity index (χ3n) is 17.9. The van der Waals surface area contributed by atoms with Crippen molar-refractivity contribution in [3.8, 4) is 0 Å². The fraction of sp³-hybridized carbons (Fsp3) is 0.926. The van der Waals surface area contributed by atoms with Crippen molar-refractivity contribution in [1.29, 1.82) is 0 Å². The number of esters is 4. The van der Waals surface area contributed by atoms with Crippen LogP contribution < -0.4 is 0 Å². The van der Waals surface area contributed by atoms with Crippen molar-refractivity contribution in [3.63, 3.8) is 0 Å². The van der Waals surface area contributed by atoms with Crippen LogP contribution in [0.5, 0.6) is 0 Å². The Hall–Kier alpha value is -1.92. The van der Waals surface area contributed by atoms with E-state index < -0.39 is 11.9 Å². The molecule has 7 nitrogen and oxygen atoms in total. The lowest BCUT2D eigenvalue weighted by Crippen LogP contribution is -2.59. The predicted molar refractivity (Wildman–Crippen MR) is 260 cm³/mol. The Morgan fingerprint density at radius 2 is 1.05 bits per heavy atom. The highest BCUT2D eigenvalue weighted by atomic mass is 16.6. The fourth-order valence-corrected chi connectivity index (χ4v) is 13.9. The average Bonchev–Trinajstić information content (AvgIpc) is 3.98. The number of carbonyl (C=O) groups excluding carboxylic acids is 4. The van der Waals surface area contributed by atoms with Crippen LogP contribution in [-0.4, -0.2) is 36.1 Å². The summed E-state index contributed by atoms with van der Waals surface area (Å²) >= 11 is 0. The molecule has 0 spiro atoms. The molecule has 0 aromatic rings. The first-order valence-electron chi connectivity index (χ1n) is 22.2. The van der Waals surface area contributed by atoms with Gasteiger partial charge in [-0.3, -0.25) is 19.2 Å². The molecule has 0 amide bonds. The summed E-state index contributed by atoms with van der Waals surface area (Å²) in [6, 6.07) is 0. The molecule has 2 heterocycles. The van der Waals surface area contributed by atoms with Crippen LogP contribution in [0, 0.1) is 100 Å². The van der Waals surface area contributed by atoms with Crippen molar-refractivity contribution in [2.45, 2.75) is 218 Å². The molecule has 8 aliphatic carbocycles. The first-order chi connectivity index (χ1) is 25.1. The third-order valence-corrected chi connectivity index (χ3v) is 17.9. The van der Waals surface area contributed by atoms with Crippen LogP contribution in [0.2, 0.25) is 0 Å². The van der Waals surface area contributed by atoms with E-state index in [2.05, 4.69) is 53.2 Å². The summed E-state index contributed by atoms with van der Waals surface area (Å²) in [5, 5.41) is 0. The number of ether oxygens (including phenoxy) is 3. The molecular weight excluding hydrogens is 761 g/mol. The first kappa shape index (κ1) is 63.4.